The van der Waals surface area contributed by atoms with E-state index in [0.29, 0.717) is 42.0 Å². The van der Waals surface area contributed by atoms with Gasteiger partial charge in [0.2, 0.25) is 5.91 Å². The van der Waals surface area contributed by atoms with E-state index in [9.17, 15) is 27.2 Å². The summed E-state index contributed by atoms with van der Waals surface area (Å²) in [7, 11) is 0. The summed E-state index contributed by atoms with van der Waals surface area (Å²) in [6.45, 7) is 7.33. The SMILES string of the molecule is CCN1CCC2(CC1)C[C@@H]2C(=O)N[C@@](C)(CCCCCC(=O)c1ccon1)c1ncc(-c2ccccc2F)[nH]1.O=C(O)C(F)(F)F. The number of aromatic nitrogens is 3. The second kappa shape index (κ2) is 14.6. The number of rotatable bonds is 12. The molecule has 0 bridgehead atoms. The Balaban J connectivity index is 0.000000617. The van der Waals surface area contributed by atoms with Crippen LogP contribution in [-0.2, 0) is 15.1 Å². The maximum atomic E-state index is 14.5. The van der Waals surface area contributed by atoms with Gasteiger partial charge in [0.1, 0.15) is 23.6 Å². The number of imidazole rings is 1. The number of halogens is 4. The highest BCUT2D eigenvalue weighted by Crippen LogP contribution is 2.59. The number of benzene rings is 1. The molecule has 2 atom stereocenters. The molecule has 10 nitrogen and oxygen atoms in total. The van der Waals surface area contributed by atoms with E-state index in [2.05, 4.69) is 32.3 Å². The van der Waals surface area contributed by atoms with E-state index in [4.69, 9.17) is 14.4 Å². The number of carbonyl (C=O) groups excluding carboxylic acids is 2. The van der Waals surface area contributed by atoms with Crippen molar-refractivity contribution in [1.29, 1.82) is 0 Å². The number of alkyl halides is 3. The largest absolute Gasteiger partial charge is 0.490 e. The number of likely N-dealkylation sites (tertiary alicyclic amines) is 1. The summed E-state index contributed by atoms with van der Waals surface area (Å²) in [5.41, 5.74) is 0.757. The molecule has 0 unspecified atom stereocenters. The van der Waals surface area contributed by atoms with Crippen LogP contribution >= 0.6 is 0 Å². The lowest BCUT2D eigenvalue weighted by Gasteiger charge is -2.33. The van der Waals surface area contributed by atoms with E-state index in [0.717, 1.165) is 51.7 Å². The van der Waals surface area contributed by atoms with Crippen molar-refractivity contribution in [3.8, 4) is 11.3 Å². The van der Waals surface area contributed by atoms with Gasteiger partial charge in [-0.2, -0.15) is 13.2 Å². The summed E-state index contributed by atoms with van der Waals surface area (Å²) in [5, 5.41) is 14.2. The zero-order valence-electron chi connectivity index (χ0n) is 25.8. The van der Waals surface area contributed by atoms with Crippen LogP contribution in [0.25, 0.3) is 11.3 Å². The highest BCUT2D eigenvalue weighted by atomic mass is 19.4. The predicted octanol–water partition coefficient (Wildman–Crippen LogP) is 6.12. The molecule has 2 aliphatic rings. The third-order valence-electron chi connectivity index (χ3n) is 9.01. The molecule has 1 aliphatic carbocycles. The van der Waals surface area contributed by atoms with Gasteiger partial charge in [-0.3, -0.25) is 9.59 Å². The first-order valence-corrected chi connectivity index (χ1v) is 15.4. The van der Waals surface area contributed by atoms with Gasteiger partial charge in [0.25, 0.3) is 0 Å². The van der Waals surface area contributed by atoms with Gasteiger partial charge in [-0.25, -0.2) is 14.2 Å². The normalized spacial score (nSPS) is 18.7. The Hall–Kier alpha value is -4.07. The van der Waals surface area contributed by atoms with Crippen LogP contribution in [0.4, 0.5) is 17.6 Å². The molecule has 3 aromatic rings. The van der Waals surface area contributed by atoms with Gasteiger partial charge < -0.3 is 24.8 Å². The first kappa shape index (κ1) is 34.8. The number of nitrogens with one attached hydrogen (secondary N) is 2. The molecule has 1 saturated carbocycles. The molecule has 5 rings (SSSR count). The van der Waals surface area contributed by atoms with E-state index in [1.54, 1.807) is 30.5 Å². The monoisotopic (exact) mass is 649 g/mol. The lowest BCUT2D eigenvalue weighted by molar-refractivity contribution is -0.192. The Morgan fingerprint density at radius 1 is 1.13 bits per heavy atom. The molecule has 1 amide bonds. The minimum atomic E-state index is -5.08. The van der Waals surface area contributed by atoms with Crippen LogP contribution in [0.2, 0.25) is 0 Å². The molecule has 1 aliphatic heterocycles. The summed E-state index contributed by atoms with van der Waals surface area (Å²) in [6, 6.07) is 8.16. The first-order valence-electron chi connectivity index (χ1n) is 15.4. The number of H-pyrrole nitrogens is 1. The number of aromatic amines is 1. The number of unbranched alkanes of at least 4 members (excludes halogenated alkanes) is 2. The number of carbonyl (C=O) groups is 3. The minimum Gasteiger partial charge on any atom is -0.475 e. The van der Waals surface area contributed by atoms with E-state index >= 15 is 0 Å². The second-order valence-electron chi connectivity index (χ2n) is 12.2. The van der Waals surface area contributed by atoms with E-state index < -0.39 is 17.7 Å². The summed E-state index contributed by atoms with van der Waals surface area (Å²) in [5.74, 6) is -2.40. The van der Waals surface area contributed by atoms with Crippen LogP contribution in [0.5, 0.6) is 0 Å². The van der Waals surface area contributed by atoms with Gasteiger partial charge in [0, 0.05) is 24.0 Å². The van der Waals surface area contributed by atoms with Gasteiger partial charge in [-0.15, -0.1) is 0 Å². The topological polar surface area (TPSA) is 141 Å². The van der Waals surface area contributed by atoms with Crippen molar-refractivity contribution in [2.75, 3.05) is 19.6 Å². The first-order chi connectivity index (χ1) is 21.8. The summed E-state index contributed by atoms with van der Waals surface area (Å²) in [4.78, 5) is 45.1. The molecular weight excluding hydrogens is 610 g/mol. The summed E-state index contributed by atoms with van der Waals surface area (Å²) < 4.78 is 51.0. The van der Waals surface area contributed by atoms with Crippen molar-refractivity contribution in [1.82, 2.24) is 25.3 Å². The highest BCUT2D eigenvalue weighted by molar-refractivity contribution is 5.93. The number of carboxylic acids is 1. The molecule has 3 heterocycles. The number of ketones is 1. The smallest absolute Gasteiger partial charge is 0.475 e. The Morgan fingerprint density at radius 2 is 1.83 bits per heavy atom. The Bertz CT molecular complexity index is 1480. The molecule has 1 saturated heterocycles. The third-order valence-corrected chi connectivity index (χ3v) is 9.01. The number of carboxylic acid groups (broad SMARTS) is 1. The number of hydrogen-bond acceptors (Lipinski definition) is 7. The zero-order chi connectivity index (χ0) is 33.5. The van der Waals surface area contributed by atoms with Crippen molar-refractivity contribution >= 4 is 17.7 Å². The molecule has 1 aromatic carbocycles. The number of Topliss-reactive ketones (excluding diaryl/α,β-unsaturated/α-hetero) is 1. The van der Waals surface area contributed by atoms with E-state index in [-0.39, 0.29) is 28.8 Å². The molecule has 2 aromatic heterocycles. The number of hydrogen-bond donors (Lipinski definition) is 3. The van der Waals surface area contributed by atoms with Crippen LogP contribution < -0.4 is 5.32 Å². The van der Waals surface area contributed by atoms with E-state index in [1.165, 1.54) is 12.3 Å². The average molecular weight is 650 g/mol. The van der Waals surface area contributed by atoms with Crippen molar-refractivity contribution < 1.29 is 41.6 Å². The number of amides is 1. The fourth-order valence-corrected chi connectivity index (χ4v) is 6.03. The second-order valence-corrected chi connectivity index (χ2v) is 12.2. The molecule has 250 valence electrons. The Kier molecular flexibility index (Phi) is 11.0. The highest BCUT2D eigenvalue weighted by Gasteiger charge is 2.59. The van der Waals surface area contributed by atoms with Crippen molar-refractivity contribution in [3.63, 3.8) is 0 Å². The molecule has 2 fully saturated rings. The predicted molar refractivity (Wildman–Crippen MR) is 159 cm³/mol. The summed E-state index contributed by atoms with van der Waals surface area (Å²) in [6.07, 6.45) is 4.38. The van der Waals surface area contributed by atoms with E-state index in [1.807, 2.05) is 6.92 Å². The molecule has 46 heavy (non-hydrogen) atoms. The fourth-order valence-electron chi connectivity index (χ4n) is 6.03. The fraction of sp³-hybridized carbons (Fsp3) is 0.531. The maximum Gasteiger partial charge on any atom is 0.490 e. The Labute approximate surface area is 263 Å². The molecular formula is C32H39F4N5O5. The van der Waals surface area contributed by atoms with Crippen molar-refractivity contribution in [2.45, 2.75) is 76.9 Å². The quantitative estimate of drug-likeness (QED) is 0.121. The zero-order valence-corrected chi connectivity index (χ0v) is 25.8. The number of nitrogens with zero attached hydrogens (tertiary/aromatic N) is 3. The van der Waals surface area contributed by atoms with Crippen LogP contribution in [0.1, 0.15) is 81.5 Å². The molecule has 14 heteroatoms. The Morgan fingerprint density at radius 3 is 2.43 bits per heavy atom. The number of aliphatic carboxylic acids is 1. The maximum absolute atomic E-state index is 14.5. The van der Waals surface area contributed by atoms with Gasteiger partial charge >= 0.3 is 12.1 Å². The molecule has 1 spiro atoms. The third kappa shape index (κ3) is 8.59. The van der Waals surface area contributed by atoms with Crippen molar-refractivity contribution in [2.24, 2.45) is 11.3 Å². The van der Waals surface area contributed by atoms with Crippen LogP contribution in [0.15, 0.2) is 47.3 Å². The number of piperidine rings is 1. The lowest BCUT2D eigenvalue weighted by Crippen LogP contribution is -2.46. The van der Waals surface area contributed by atoms with Crippen LogP contribution in [0, 0.1) is 17.2 Å². The summed E-state index contributed by atoms with van der Waals surface area (Å²) >= 11 is 0. The lowest BCUT2D eigenvalue weighted by atomic mass is 9.89. The van der Waals surface area contributed by atoms with Gasteiger partial charge in [0.15, 0.2) is 5.78 Å². The minimum absolute atomic E-state index is 0.0249. The molecule has 3 N–H and O–H groups in total. The standard InChI is InChI=1S/C30H38FN5O3.C2HF3O2/c1-3-36-16-14-30(15-17-36)19-22(30)27(38)34-29(2,13-8-4-5-11-26(37)24-12-18-39-35-24)28-32-20-25(33-28)21-9-6-7-10-23(21)31;3-2(4,5)1(6)7/h6-7,9-10,12,18,20,22H,3-5,8,11,13-17,19H2,1-2H3,(H,32,33)(H,34,38);(H,6,7)/t22-,29+;/m1./s1. The molecule has 0 radical (unpaired) electrons. The average Bonchev–Trinajstić information content (AvgIpc) is 3.39. The van der Waals surface area contributed by atoms with Crippen molar-refractivity contribution in [3.05, 3.63) is 60.1 Å². The van der Waals surface area contributed by atoms with Crippen LogP contribution in [0.3, 0.4) is 0 Å². The van der Waals surface area contributed by atoms with Gasteiger partial charge in [0.05, 0.1) is 17.4 Å². The van der Waals surface area contributed by atoms with Gasteiger partial charge in [-0.1, -0.05) is 37.1 Å². The van der Waals surface area contributed by atoms with Gasteiger partial charge in [-0.05, 0) is 76.2 Å². The van der Waals surface area contributed by atoms with Crippen LogP contribution in [-0.4, -0.2) is 68.6 Å².